The third kappa shape index (κ3) is 4.05. The van der Waals surface area contributed by atoms with E-state index >= 15 is 0 Å². The minimum absolute atomic E-state index is 0.209. The fourth-order valence-electron chi connectivity index (χ4n) is 3.24. The van der Waals surface area contributed by atoms with E-state index in [0.717, 1.165) is 42.4 Å². The van der Waals surface area contributed by atoms with Gasteiger partial charge in [-0.1, -0.05) is 17.7 Å². The first-order valence-electron chi connectivity index (χ1n) is 7.55. The van der Waals surface area contributed by atoms with Crippen molar-refractivity contribution in [2.45, 2.75) is 57.5 Å². The van der Waals surface area contributed by atoms with Crippen LogP contribution in [0.4, 0.5) is 0 Å². The molecule has 1 fully saturated rings. The Hall–Kier alpha value is -0.910. The highest BCUT2D eigenvalue weighted by molar-refractivity contribution is 7.89. The van der Waals surface area contributed by atoms with Crippen LogP contribution in [-0.2, 0) is 10.0 Å². The van der Waals surface area contributed by atoms with E-state index in [1.165, 1.54) is 0 Å². The Morgan fingerprint density at radius 2 is 1.62 bits per heavy atom. The molecule has 5 heteroatoms. The first kappa shape index (κ1) is 16.5. The van der Waals surface area contributed by atoms with E-state index < -0.39 is 10.0 Å². The second kappa shape index (κ2) is 6.46. The van der Waals surface area contributed by atoms with Crippen LogP contribution in [0, 0.1) is 26.7 Å². The maximum Gasteiger partial charge on any atom is 0.241 e. The molecule has 0 heterocycles. The van der Waals surface area contributed by atoms with Crippen molar-refractivity contribution in [1.82, 2.24) is 4.72 Å². The van der Waals surface area contributed by atoms with Crippen LogP contribution in [0.25, 0.3) is 0 Å². The van der Waals surface area contributed by atoms with Crippen molar-refractivity contribution >= 4 is 10.0 Å². The smallest absolute Gasteiger partial charge is 0.241 e. The Balaban J connectivity index is 2.09. The van der Waals surface area contributed by atoms with E-state index in [-0.39, 0.29) is 6.10 Å². The molecule has 0 amide bonds. The van der Waals surface area contributed by atoms with Crippen LogP contribution in [0.5, 0.6) is 0 Å². The highest BCUT2D eigenvalue weighted by Crippen LogP contribution is 2.25. The Bertz CT molecular complexity index is 579. The maximum absolute atomic E-state index is 12.5. The van der Waals surface area contributed by atoms with Gasteiger partial charge in [0.1, 0.15) is 0 Å². The highest BCUT2D eigenvalue weighted by atomic mass is 32.2. The normalized spacial score (nSPS) is 23.2. The topological polar surface area (TPSA) is 66.4 Å². The van der Waals surface area contributed by atoms with E-state index in [4.69, 9.17) is 0 Å². The standard InChI is InChI=1S/C16H25NO3S/c1-11-8-12(2)16(13(3)9-11)21(19,20)17-10-14-4-6-15(18)7-5-14/h8-9,14-15,17-18H,4-7,10H2,1-3H3. The largest absolute Gasteiger partial charge is 0.393 e. The minimum atomic E-state index is -3.46. The average Bonchev–Trinajstić information content (AvgIpc) is 2.36. The number of hydrogen-bond acceptors (Lipinski definition) is 3. The van der Waals surface area contributed by atoms with Gasteiger partial charge in [-0.2, -0.15) is 0 Å². The Labute approximate surface area is 127 Å². The molecule has 4 nitrogen and oxygen atoms in total. The summed E-state index contributed by atoms with van der Waals surface area (Å²) in [5.74, 6) is 0.328. The van der Waals surface area contributed by atoms with Gasteiger partial charge >= 0.3 is 0 Å². The SMILES string of the molecule is Cc1cc(C)c(S(=O)(=O)NCC2CCC(O)CC2)c(C)c1. The summed E-state index contributed by atoms with van der Waals surface area (Å²) in [5, 5.41) is 9.49. The van der Waals surface area contributed by atoms with Crippen molar-refractivity contribution in [3.05, 3.63) is 28.8 Å². The van der Waals surface area contributed by atoms with Crippen LogP contribution < -0.4 is 4.72 Å². The van der Waals surface area contributed by atoms with E-state index in [1.54, 1.807) is 0 Å². The lowest BCUT2D eigenvalue weighted by Crippen LogP contribution is -2.32. The molecular weight excluding hydrogens is 286 g/mol. The summed E-state index contributed by atoms with van der Waals surface area (Å²) in [7, 11) is -3.46. The molecule has 0 atom stereocenters. The van der Waals surface area contributed by atoms with Gasteiger partial charge in [0.2, 0.25) is 10.0 Å². The number of hydrogen-bond donors (Lipinski definition) is 2. The van der Waals surface area contributed by atoms with Gasteiger partial charge in [0.15, 0.2) is 0 Å². The molecule has 21 heavy (non-hydrogen) atoms. The first-order chi connectivity index (χ1) is 9.79. The van der Waals surface area contributed by atoms with Crippen LogP contribution in [-0.4, -0.2) is 26.2 Å². The molecule has 0 radical (unpaired) electrons. The molecule has 0 aliphatic heterocycles. The summed E-state index contributed by atoms with van der Waals surface area (Å²) >= 11 is 0. The van der Waals surface area contributed by atoms with E-state index in [2.05, 4.69) is 4.72 Å². The van der Waals surface area contributed by atoms with Crippen LogP contribution in [0.2, 0.25) is 0 Å². The number of rotatable bonds is 4. The van der Waals surface area contributed by atoms with Crippen LogP contribution in [0.15, 0.2) is 17.0 Å². The van der Waals surface area contributed by atoms with Gasteiger partial charge in [0, 0.05) is 6.54 Å². The number of sulfonamides is 1. The number of aryl methyl sites for hydroxylation is 3. The summed E-state index contributed by atoms with van der Waals surface area (Å²) in [5.41, 5.74) is 2.66. The van der Waals surface area contributed by atoms with E-state index in [9.17, 15) is 13.5 Å². The molecule has 2 rings (SSSR count). The predicted molar refractivity (Wildman–Crippen MR) is 83.8 cm³/mol. The molecule has 1 saturated carbocycles. The van der Waals surface area contributed by atoms with Gasteiger partial charge < -0.3 is 5.11 Å². The monoisotopic (exact) mass is 311 g/mol. The summed E-state index contributed by atoms with van der Waals surface area (Å²) in [6, 6.07) is 3.80. The van der Waals surface area contributed by atoms with Crippen molar-refractivity contribution in [2.24, 2.45) is 5.92 Å². The predicted octanol–water partition coefficient (Wildman–Crippen LogP) is 2.44. The summed E-state index contributed by atoms with van der Waals surface area (Å²) in [6.07, 6.45) is 3.11. The van der Waals surface area contributed by atoms with Crippen molar-refractivity contribution in [2.75, 3.05) is 6.54 Å². The molecule has 1 aromatic carbocycles. The van der Waals surface area contributed by atoms with Crippen molar-refractivity contribution < 1.29 is 13.5 Å². The van der Waals surface area contributed by atoms with Gasteiger partial charge in [0.05, 0.1) is 11.0 Å². The maximum atomic E-state index is 12.5. The molecule has 1 aliphatic carbocycles. The number of aliphatic hydroxyl groups is 1. The number of benzene rings is 1. The third-order valence-corrected chi connectivity index (χ3v) is 5.98. The molecule has 0 bridgehead atoms. The fraction of sp³-hybridized carbons (Fsp3) is 0.625. The van der Waals surface area contributed by atoms with Gasteiger partial charge in [0.25, 0.3) is 0 Å². The zero-order chi connectivity index (χ0) is 15.6. The summed E-state index contributed by atoms with van der Waals surface area (Å²) < 4.78 is 27.8. The Kier molecular flexibility index (Phi) is 5.07. The fourth-order valence-corrected chi connectivity index (χ4v) is 4.80. The van der Waals surface area contributed by atoms with E-state index in [0.29, 0.717) is 17.4 Å². The lowest BCUT2D eigenvalue weighted by molar-refractivity contribution is 0.109. The molecule has 0 saturated heterocycles. The zero-order valence-corrected chi connectivity index (χ0v) is 13.8. The summed E-state index contributed by atoms with van der Waals surface area (Å²) in [4.78, 5) is 0.406. The molecule has 1 aliphatic rings. The number of aliphatic hydroxyl groups excluding tert-OH is 1. The molecule has 0 spiro atoms. The quantitative estimate of drug-likeness (QED) is 0.897. The molecule has 0 unspecified atom stereocenters. The third-order valence-electron chi connectivity index (χ3n) is 4.25. The molecular formula is C16H25NO3S. The van der Waals surface area contributed by atoms with Gasteiger partial charge in [-0.05, 0) is 63.5 Å². The van der Waals surface area contributed by atoms with Crippen LogP contribution in [0.3, 0.4) is 0 Å². The first-order valence-corrected chi connectivity index (χ1v) is 9.03. The van der Waals surface area contributed by atoms with Gasteiger partial charge in [-0.25, -0.2) is 13.1 Å². The second-order valence-corrected chi connectivity index (χ2v) is 7.96. The van der Waals surface area contributed by atoms with Crippen LogP contribution in [0.1, 0.15) is 42.4 Å². The molecule has 0 aromatic heterocycles. The lowest BCUT2D eigenvalue weighted by Gasteiger charge is -2.25. The molecule has 118 valence electrons. The van der Waals surface area contributed by atoms with E-state index in [1.807, 2.05) is 32.9 Å². The van der Waals surface area contributed by atoms with Crippen molar-refractivity contribution in [3.8, 4) is 0 Å². The van der Waals surface area contributed by atoms with Gasteiger partial charge in [-0.3, -0.25) is 0 Å². The molecule has 2 N–H and O–H groups in total. The highest BCUT2D eigenvalue weighted by Gasteiger charge is 2.24. The lowest BCUT2D eigenvalue weighted by atomic mass is 9.88. The van der Waals surface area contributed by atoms with Crippen LogP contribution >= 0.6 is 0 Å². The minimum Gasteiger partial charge on any atom is -0.393 e. The number of nitrogens with one attached hydrogen (secondary N) is 1. The Morgan fingerprint density at radius 3 is 2.14 bits per heavy atom. The molecule has 1 aromatic rings. The second-order valence-electron chi connectivity index (χ2n) is 6.25. The zero-order valence-electron chi connectivity index (χ0n) is 13.0. The van der Waals surface area contributed by atoms with Gasteiger partial charge in [-0.15, -0.1) is 0 Å². The van der Waals surface area contributed by atoms with Crippen molar-refractivity contribution in [3.63, 3.8) is 0 Å². The Morgan fingerprint density at radius 1 is 1.10 bits per heavy atom. The average molecular weight is 311 g/mol. The van der Waals surface area contributed by atoms with Crippen molar-refractivity contribution in [1.29, 1.82) is 0 Å². The summed E-state index contributed by atoms with van der Waals surface area (Å²) in [6.45, 7) is 6.11.